The summed E-state index contributed by atoms with van der Waals surface area (Å²) in [5, 5.41) is 30.6. The number of aliphatic carboxylic acids is 1. The number of carbonyl (C=O) groups excluding carboxylic acids is 2. The van der Waals surface area contributed by atoms with Crippen molar-refractivity contribution in [3.8, 4) is 0 Å². The Morgan fingerprint density at radius 2 is 2.09 bits per heavy atom. The highest BCUT2D eigenvalue weighted by molar-refractivity contribution is 5.84. The Bertz CT molecular complexity index is 506. The van der Waals surface area contributed by atoms with Crippen molar-refractivity contribution < 1.29 is 39.2 Å². The molecule has 0 fully saturated rings. The van der Waals surface area contributed by atoms with E-state index in [1.807, 2.05) is 0 Å². The number of hydrogen-bond acceptors (Lipinski definition) is 7. The van der Waals surface area contributed by atoms with E-state index in [0.717, 1.165) is 0 Å². The second-order valence-corrected chi connectivity index (χ2v) is 5.16. The molecule has 10 nitrogen and oxygen atoms in total. The number of carboxylic acid groups (broad SMARTS) is 1. The van der Waals surface area contributed by atoms with Crippen LogP contribution in [0.5, 0.6) is 0 Å². The SMILES string of the molecule is CC(=O)NC1C(C)C=C(C(=O)O)OC1[C@H](OC(N)=O)[C@H](O)CO. The fraction of sp³-hybridized carbons (Fsp3) is 0.615. The van der Waals surface area contributed by atoms with Crippen LogP contribution in [0.15, 0.2) is 11.8 Å². The molecule has 3 unspecified atom stereocenters. The van der Waals surface area contributed by atoms with E-state index < -0.39 is 60.6 Å². The van der Waals surface area contributed by atoms with Crippen LogP contribution in [-0.2, 0) is 19.1 Å². The third-order valence-corrected chi connectivity index (χ3v) is 3.32. The molecule has 0 bridgehead atoms. The standard InChI is InChI=1S/C13H20N2O8/c1-5-3-8(12(19)20)22-11(9(5)15-6(2)17)10(7(18)4-16)23-13(14)21/h3,5,7,9-11,16,18H,4H2,1-2H3,(H2,14,21)(H,15,17)(H,19,20)/t5?,7-,9?,10-,11?/m1/s1. The van der Waals surface area contributed by atoms with Gasteiger partial charge in [0.15, 0.2) is 12.2 Å². The maximum atomic E-state index is 11.4. The van der Waals surface area contributed by atoms with Crippen LogP contribution in [0.2, 0.25) is 0 Å². The van der Waals surface area contributed by atoms with E-state index in [2.05, 4.69) is 5.32 Å². The van der Waals surface area contributed by atoms with Crippen LogP contribution in [0.3, 0.4) is 0 Å². The predicted molar refractivity (Wildman–Crippen MR) is 74.9 cm³/mol. The minimum absolute atomic E-state index is 0.424. The van der Waals surface area contributed by atoms with Gasteiger partial charge < -0.3 is 35.8 Å². The van der Waals surface area contributed by atoms with Gasteiger partial charge in [0.05, 0.1) is 12.6 Å². The number of primary amides is 1. The van der Waals surface area contributed by atoms with Crippen molar-refractivity contribution >= 4 is 18.0 Å². The first-order chi connectivity index (χ1) is 10.7. The number of carboxylic acids is 1. The van der Waals surface area contributed by atoms with Crippen LogP contribution in [0, 0.1) is 5.92 Å². The molecule has 6 N–H and O–H groups in total. The number of nitrogens with two attached hydrogens (primary N) is 1. The van der Waals surface area contributed by atoms with Crippen molar-refractivity contribution in [3.63, 3.8) is 0 Å². The first kappa shape index (κ1) is 18.7. The normalized spacial score (nSPS) is 26.3. The molecule has 1 rings (SSSR count). The summed E-state index contributed by atoms with van der Waals surface area (Å²) in [7, 11) is 0. The molecule has 10 heteroatoms. The van der Waals surface area contributed by atoms with Gasteiger partial charge in [-0.3, -0.25) is 4.79 Å². The number of ether oxygens (including phenoxy) is 2. The van der Waals surface area contributed by atoms with Gasteiger partial charge in [0.2, 0.25) is 11.7 Å². The predicted octanol–water partition coefficient (Wildman–Crippen LogP) is -1.69. The summed E-state index contributed by atoms with van der Waals surface area (Å²) < 4.78 is 10.0. The summed E-state index contributed by atoms with van der Waals surface area (Å²) in [6.07, 6.45) is -4.26. The molecular formula is C13H20N2O8. The highest BCUT2D eigenvalue weighted by atomic mass is 16.6. The van der Waals surface area contributed by atoms with Crippen molar-refractivity contribution in [2.45, 2.75) is 38.2 Å². The number of carbonyl (C=O) groups is 3. The molecule has 0 radical (unpaired) electrons. The Morgan fingerprint density at radius 1 is 1.48 bits per heavy atom. The summed E-state index contributed by atoms with van der Waals surface area (Å²) in [5.74, 6) is -2.72. The Kier molecular flexibility index (Phi) is 6.34. The topological polar surface area (TPSA) is 168 Å². The van der Waals surface area contributed by atoms with Gasteiger partial charge in [-0.1, -0.05) is 6.92 Å². The van der Waals surface area contributed by atoms with E-state index in [1.54, 1.807) is 6.92 Å². The number of amides is 2. The molecule has 130 valence electrons. The second kappa shape index (κ2) is 7.79. The molecule has 0 saturated carbocycles. The lowest BCUT2D eigenvalue weighted by Gasteiger charge is -2.39. The van der Waals surface area contributed by atoms with Crippen molar-refractivity contribution in [2.75, 3.05) is 6.61 Å². The van der Waals surface area contributed by atoms with Crippen molar-refractivity contribution in [3.05, 3.63) is 11.8 Å². The van der Waals surface area contributed by atoms with Crippen molar-refractivity contribution in [1.29, 1.82) is 0 Å². The number of rotatable bonds is 6. The summed E-state index contributed by atoms with van der Waals surface area (Å²) in [6.45, 7) is 2.07. The van der Waals surface area contributed by atoms with Gasteiger partial charge in [-0.2, -0.15) is 0 Å². The van der Waals surface area contributed by atoms with Crippen LogP contribution in [0.25, 0.3) is 0 Å². The van der Waals surface area contributed by atoms with E-state index in [1.165, 1.54) is 13.0 Å². The van der Waals surface area contributed by atoms with Gasteiger partial charge in [-0.25, -0.2) is 9.59 Å². The van der Waals surface area contributed by atoms with Gasteiger partial charge in [-0.15, -0.1) is 0 Å². The van der Waals surface area contributed by atoms with Crippen LogP contribution < -0.4 is 11.1 Å². The molecule has 0 aromatic rings. The molecule has 2 amide bonds. The quantitative estimate of drug-likeness (QED) is 0.384. The van der Waals surface area contributed by atoms with E-state index >= 15 is 0 Å². The molecule has 0 aliphatic carbocycles. The molecule has 0 aromatic heterocycles. The molecule has 0 saturated heterocycles. The van der Waals surface area contributed by atoms with Crippen molar-refractivity contribution in [2.24, 2.45) is 11.7 Å². The molecule has 23 heavy (non-hydrogen) atoms. The number of aliphatic hydroxyl groups excluding tert-OH is 2. The smallest absolute Gasteiger partial charge is 0.405 e. The molecule has 0 spiro atoms. The molecule has 1 aliphatic heterocycles. The molecular weight excluding hydrogens is 312 g/mol. The number of hydrogen-bond donors (Lipinski definition) is 5. The lowest BCUT2D eigenvalue weighted by Crippen LogP contribution is -2.59. The minimum Gasteiger partial charge on any atom is -0.477 e. The maximum absolute atomic E-state index is 11.4. The van der Waals surface area contributed by atoms with Crippen LogP contribution in [-0.4, -0.2) is 64.2 Å². The Labute approximate surface area is 131 Å². The summed E-state index contributed by atoms with van der Waals surface area (Å²) in [4.78, 5) is 33.5. The fourth-order valence-electron chi connectivity index (χ4n) is 2.34. The van der Waals surface area contributed by atoms with E-state index in [4.69, 9.17) is 25.4 Å². The van der Waals surface area contributed by atoms with Gasteiger partial charge in [0, 0.05) is 12.8 Å². The van der Waals surface area contributed by atoms with E-state index in [0.29, 0.717) is 0 Å². The Balaban J connectivity index is 3.20. The molecule has 0 aromatic carbocycles. The average Bonchev–Trinajstić information content (AvgIpc) is 2.45. The van der Waals surface area contributed by atoms with Gasteiger partial charge >= 0.3 is 12.1 Å². The highest BCUT2D eigenvalue weighted by Crippen LogP contribution is 2.27. The summed E-state index contributed by atoms with van der Waals surface area (Å²) in [6, 6.07) is -0.804. The van der Waals surface area contributed by atoms with E-state index in [9.17, 15) is 19.5 Å². The zero-order valence-corrected chi connectivity index (χ0v) is 12.6. The lowest BCUT2D eigenvalue weighted by atomic mass is 9.88. The largest absolute Gasteiger partial charge is 0.477 e. The third kappa shape index (κ3) is 4.83. The summed E-state index contributed by atoms with van der Waals surface area (Å²) >= 11 is 0. The van der Waals surface area contributed by atoms with Gasteiger partial charge in [0.1, 0.15) is 6.10 Å². The highest BCUT2D eigenvalue weighted by Gasteiger charge is 2.44. The van der Waals surface area contributed by atoms with Crippen LogP contribution in [0.4, 0.5) is 4.79 Å². The van der Waals surface area contributed by atoms with Crippen LogP contribution >= 0.6 is 0 Å². The average molecular weight is 332 g/mol. The minimum atomic E-state index is -1.58. The fourth-order valence-corrected chi connectivity index (χ4v) is 2.34. The zero-order valence-electron chi connectivity index (χ0n) is 12.6. The van der Waals surface area contributed by atoms with Crippen LogP contribution in [0.1, 0.15) is 13.8 Å². The molecule has 1 heterocycles. The van der Waals surface area contributed by atoms with Gasteiger partial charge in [0.25, 0.3) is 0 Å². The summed E-state index contributed by atoms with van der Waals surface area (Å²) in [5.41, 5.74) is 4.94. The third-order valence-electron chi connectivity index (χ3n) is 3.32. The number of aliphatic hydroxyl groups is 2. The maximum Gasteiger partial charge on any atom is 0.405 e. The zero-order chi connectivity index (χ0) is 17.7. The number of nitrogens with one attached hydrogen (secondary N) is 1. The first-order valence-electron chi connectivity index (χ1n) is 6.81. The molecule has 1 aliphatic rings. The second-order valence-electron chi connectivity index (χ2n) is 5.16. The lowest BCUT2D eigenvalue weighted by molar-refractivity contribution is -0.146. The van der Waals surface area contributed by atoms with E-state index in [-0.39, 0.29) is 0 Å². The monoisotopic (exact) mass is 332 g/mol. The Morgan fingerprint density at radius 3 is 2.52 bits per heavy atom. The Hall–Kier alpha value is -2.33. The first-order valence-corrected chi connectivity index (χ1v) is 6.81. The molecule has 5 atom stereocenters. The van der Waals surface area contributed by atoms with Gasteiger partial charge in [-0.05, 0) is 6.08 Å². The van der Waals surface area contributed by atoms with Crippen molar-refractivity contribution in [1.82, 2.24) is 5.32 Å².